The molecule has 7 heteroatoms. The molecule has 0 spiro atoms. The number of amides is 1. The van der Waals surface area contributed by atoms with Gasteiger partial charge in [0.15, 0.2) is 5.82 Å². The van der Waals surface area contributed by atoms with Crippen LogP contribution in [-0.4, -0.2) is 66.3 Å². The van der Waals surface area contributed by atoms with Crippen LogP contribution in [0.15, 0.2) is 72.9 Å². The van der Waals surface area contributed by atoms with Crippen molar-refractivity contribution in [1.82, 2.24) is 20.1 Å². The highest BCUT2D eigenvalue weighted by atomic mass is 16.2. The number of aromatic nitrogens is 3. The van der Waals surface area contributed by atoms with Crippen molar-refractivity contribution in [2.24, 2.45) is 0 Å². The smallest absolute Gasteiger partial charge is 0.254 e. The fraction of sp³-hybridized carbons (Fsp3) is 0.259. The van der Waals surface area contributed by atoms with Crippen LogP contribution in [0.3, 0.4) is 0 Å². The zero-order valence-electron chi connectivity index (χ0n) is 19.6. The van der Waals surface area contributed by atoms with Gasteiger partial charge in [-0.2, -0.15) is 5.10 Å². The summed E-state index contributed by atoms with van der Waals surface area (Å²) in [5.41, 5.74) is 2.83. The molecule has 0 aliphatic carbocycles. The van der Waals surface area contributed by atoms with E-state index in [9.17, 15) is 4.79 Å². The monoisotopic (exact) mass is 452 g/mol. The summed E-state index contributed by atoms with van der Waals surface area (Å²) in [6.45, 7) is 3.32. The summed E-state index contributed by atoms with van der Waals surface area (Å²) in [7, 11) is 3.49. The number of carbonyl (C=O) groups is 1. The molecule has 4 aromatic rings. The largest absolute Gasteiger partial charge is 0.353 e. The number of pyridine rings is 1. The number of rotatable bonds is 5. The van der Waals surface area contributed by atoms with E-state index in [1.165, 1.54) is 5.56 Å². The standard InChI is InChI=1S/C27H28N6O/c1-31(2)27(34)21-12-13-25(28-19-21)32-14-16-33(17-15-32)26-23-11-7-6-10-22(23)24(29-30-26)18-20-8-4-3-5-9-20/h3-13,19H,14-18H2,1-2H3. The first-order chi connectivity index (χ1) is 16.6. The molecule has 3 heterocycles. The lowest BCUT2D eigenvalue weighted by Crippen LogP contribution is -2.47. The number of carbonyl (C=O) groups excluding carboxylic acids is 1. The van der Waals surface area contributed by atoms with Gasteiger partial charge in [-0.15, -0.1) is 5.10 Å². The van der Waals surface area contributed by atoms with E-state index >= 15 is 0 Å². The molecule has 0 bridgehead atoms. The molecule has 5 rings (SSSR count). The second kappa shape index (κ2) is 9.47. The predicted molar refractivity (Wildman–Crippen MR) is 135 cm³/mol. The molecule has 0 saturated carbocycles. The molecule has 0 unspecified atom stereocenters. The second-order valence-electron chi connectivity index (χ2n) is 8.76. The first-order valence-electron chi connectivity index (χ1n) is 11.6. The van der Waals surface area contributed by atoms with Crippen LogP contribution in [0.5, 0.6) is 0 Å². The Balaban J connectivity index is 1.32. The van der Waals surface area contributed by atoms with Crippen molar-refractivity contribution in [3.05, 3.63) is 89.7 Å². The first kappa shape index (κ1) is 21.8. The lowest BCUT2D eigenvalue weighted by molar-refractivity contribution is 0.0827. The third-order valence-corrected chi connectivity index (χ3v) is 6.26. The first-order valence-corrected chi connectivity index (χ1v) is 11.6. The van der Waals surface area contributed by atoms with E-state index in [1.54, 1.807) is 25.2 Å². The van der Waals surface area contributed by atoms with Gasteiger partial charge in [0.05, 0.1) is 11.3 Å². The normalized spacial score (nSPS) is 13.8. The van der Waals surface area contributed by atoms with Crippen molar-refractivity contribution in [2.75, 3.05) is 50.1 Å². The highest BCUT2D eigenvalue weighted by molar-refractivity contribution is 5.94. The summed E-state index contributed by atoms with van der Waals surface area (Å²) >= 11 is 0. The summed E-state index contributed by atoms with van der Waals surface area (Å²) in [4.78, 5) is 22.8. The van der Waals surface area contributed by atoms with Crippen LogP contribution in [0.2, 0.25) is 0 Å². The lowest BCUT2D eigenvalue weighted by atomic mass is 10.0. The average Bonchev–Trinajstić information content (AvgIpc) is 2.89. The molecule has 1 aliphatic rings. The number of piperazine rings is 1. The van der Waals surface area contributed by atoms with Crippen LogP contribution in [0.1, 0.15) is 21.6 Å². The molecule has 2 aromatic carbocycles. The fourth-order valence-electron chi connectivity index (χ4n) is 4.40. The Hall–Kier alpha value is -4.00. The summed E-state index contributed by atoms with van der Waals surface area (Å²) < 4.78 is 0. The van der Waals surface area contributed by atoms with Gasteiger partial charge in [0.1, 0.15) is 5.82 Å². The highest BCUT2D eigenvalue weighted by Crippen LogP contribution is 2.28. The number of anilines is 2. The maximum atomic E-state index is 12.1. The molecular formula is C27H28N6O. The molecule has 0 atom stereocenters. The van der Waals surface area contributed by atoms with Crippen molar-refractivity contribution >= 4 is 28.3 Å². The summed E-state index contributed by atoms with van der Waals surface area (Å²) in [6, 6.07) is 22.6. The van der Waals surface area contributed by atoms with Gasteiger partial charge in [0, 0.05) is 63.7 Å². The highest BCUT2D eigenvalue weighted by Gasteiger charge is 2.22. The van der Waals surface area contributed by atoms with E-state index in [-0.39, 0.29) is 5.91 Å². The minimum absolute atomic E-state index is 0.0370. The zero-order chi connectivity index (χ0) is 23.5. The molecule has 1 saturated heterocycles. The molecule has 7 nitrogen and oxygen atoms in total. The minimum atomic E-state index is -0.0370. The Labute approximate surface area is 199 Å². The number of fused-ring (bicyclic) bond motifs is 1. The molecule has 34 heavy (non-hydrogen) atoms. The van der Waals surface area contributed by atoms with Gasteiger partial charge in [-0.25, -0.2) is 4.98 Å². The zero-order valence-corrected chi connectivity index (χ0v) is 19.6. The predicted octanol–water partition coefficient (Wildman–Crippen LogP) is 3.64. The fourth-order valence-corrected chi connectivity index (χ4v) is 4.40. The van der Waals surface area contributed by atoms with Crippen LogP contribution in [-0.2, 0) is 6.42 Å². The molecule has 1 fully saturated rings. The van der Waals surface area contributed by atoms with Gasteiger partial charge in [-0.3, -0.25) is 4.79 Å². The molecule has 172 valence electrons. The van der Waals surface area contributed by atoms with Crippen LogP contribution < -0.4 is 9.80 Å². The molecule has 2 aromatic heterocycles. The Morgan fingerprint density at radius 2 is 1.50 bits per heavy atom. The van der Waals surface area contributed by atoms with Gasteiger partial charge in [0.25, 0.3) is 5.91 Å². The third kappa shape index (κ3) is 4.41. The topological polar surface area (TPSA) is 65.5 Å². The van der Waals surface area contributed by atoms with Crippen molar-refractivity contribution in [3.63, 3.8) is 0 Å². The van der Waals surface area contributed by atoms with Crippen molar-refractivity contribution in [3.8, 4) is 0 Å². The lowest BCUT2D eigenvalue weighted by Gasteiger charge is -2.36. The Morgan fingerprint density at radius 3 is 2.18 bits per heavy atom. The minimum Gasteiger partial charge on any atom is -0.353 e. The Bertz CT molecular complexity index is 1280. The number of hydrogen-bond acceptors (Lipinski definition) is 6. The van der Waals surface area contributed by atoms with E-state index in [4.69, 9.17) is 0 Å². The number of hydrogen-bond donors (Lipinski definition) is 0. The molecule has 1 amide bonds. The van der Waals surface area contributed by atoms with Crippen molar-refractivity contribution in [2.45, 2.75) is 6.42 Å². The quantitative estimate of drug-likeness (QED) is 0.461. The van der Waals surface area contributed by atoms with Crippen LogP contribution in [0.25, 0.3) is 10.8 Å². The van der Waals surface area contributed by atoms with E-state index < -0.39 is 0 Å². The van der Waals surface area contributed by atoms with Crippen LogP contribution in [0.4, 0.5) is 11.6 Å². The molecule has 0 radical (unpaired) electrons. The van der Waals surface area contributed by atoms with Gasteiger partial charge < -0.3 is 14.7 Å². The third-order valence-electron chi connectivity index (χ3n) is 6.26. The maximum absolute atomic E-state index is 12.1. The van der Waals surface area contributed by atoms with E-state index in [2.05, 4.69) is 73.5 Å². The van der Waals surface area contributed by atoms with Crippen molar-refractivity contribution < 1.29 is 4.79 Å². The van der Waals surface area contributed by atoms with Crippen molar-refractivity contribution in [1.29, 1.82) is 0 Å². The average molecular weight is 453 g/mol. The van der Waals surface area contributed by atoms with E-state index in [0.717, 1.165) is 60.7 Å². The van der Waals surface area contributed by atoms with E-state index in [1.807, 2.05) is 18.2 Å². The van der Waals surface area contributed by atoms with Crippen LogP contribution >= 0.6 is 0 Å². The molecule has 0 N–H and O–H groups in total. The number of nitrogens with zero attached hydrogens (tertiary/aromatic N) is 6. The van der Waals surface area contributed by atoms with Gasteiger partial charge in [0.2, 0.25) is 0 Å². The SMILES string of the molecule is CN(C)C(=O)c1ccc(N2CCN(c3nnc(Cc4ccccc4)c4ccccc34)CC2)nc1. The summed E-state index contributed by atoms with van der Waals surface area (Å²) in [5, 5.41) is 11.6. The Morgan fingerprint density at radius 1 is 0.824 bits per heavy atom. The Kier molecular flexibility index (Phi) is 6.08. The molecule has 1 aliphatic heterocycles. The van der Waals surface area contributed by atoms with Crippen LogP contribution in [0, 0.1) is 0 Å². The van der Waals surface area contributed by atoms with Gasteiger partial charge >= 0.3 is 0 Å². The second-order valence-corrected chi connectivity index (χ2v) is 8.76. The number of benzene rings is 2. The van der Waals surface area contributed by atoms with Gasteiger partial charge in [-0.1, -0.05) is 54.6 Å². The van der Waals surface area contributed by atoms with E-state index in [0.29, 0.717) is 5.56 Å². The summed E-state index contributed by atoms with van der Waals surface area (Å²) in [6.07, 6.45) is 2.43. The maximum Gasteiger partial charge on any atom is 0.254 e. The summed E-state index contributed by atoms with van der Waals surface area (Å²) in [5.74, 6) is 1.79. The molecular weight excluding hydrogens is 424 g/mol. The van der Waals surface area contributed by atoms with Gasteiger partial charge in [-0.05, 0) is 17.7 Å².